The molecule has 1 aliphatic carbocycles. The summed E-state index contributed by atoms with van der Waals surface area (Å²) in [6, 6.07) is 4.16. The van der Waals surface area contributed by atoms with Gasteiger partial charge in [0.25, 0.3) is 0 Å². The number of alkyl halides is 2. The molecule has 0 saturated heterocycles. The van der Waals surface area contributed by atoms with Crippen LogP contribution in [-0.4, -0.2) is 27.9 Å². The second kappa shape index (κ2) is 7.35. The molecule has 3 aromatic rings. The quantitative estimate of drug-likeness (QED) is 0.450. The summed E-state index contributed by atoms with van der Waals surface area (Å²) < 4.78 is 35.1. The summed E-state index contributed by atoms with van der Waals surface area (Å²) in [7, 11) is 0. The van der Waals surface area contributed by atoms with Gasteiger partial charge in [0.05, 0.1) is 5.75 Å². The predicted octanol–water partition coefficient (Wildman–Crippen LogP) is 4.93. The van der Waals surface area contributed by atoms with Crippen LogP contribution in [0, 0.1) is 6.92 Å². The Morgan fingerprint density at radius 1 is 1.23 bits per heavy atom. The van der Waals surface area contributed by atoms with E-state index in [0.29, 0.717) is 11.5 Å². The minimum absolute atomic E-state index is 0.0616. The summed E-state index contributed by atoms with van der Waals surface area (Å²) >= 11 is 3.09. The summed E-state index contributed by atoms with van der Waals surface area (Å²) in [5.74, 6) is 0.387. The maximum atomic E-state index is 13.1. The molecule has 6 nitrogen and oxygen atoms in total. The highest BCUT2D eigenvalue weighted by Gasteiger charge is 2.43. The highest BCUT2D eigenvalue weighted by molar-refractivity contribution is 8.00. The number of fused-ring (bicyclic) bond motifs is 4. The number of hydrogen-bond acceptors (Lipinski definition) is 7. The summed E-state index contributed by atoms with van der Waals surface area (Å²) in [5.41, 5.74) is 1.68. The topological polar surface area (TPSA) is 73.3 Å². The molecule has 0 radical (unpaired) electrons. The van der Waals surface area contributed by atoms with Crippen molar-refractivity contribution in [1.29, 1.82) is 0 Å². The zero-order chi connectivity index (χ0) is 20.9. The van der Waals surface area contributed by atoms with Gasteiger partial charge in [0.15, 0.2) is 11.5 Å². The molecule has 1 amide bonds. The fourth-order valence-corrected chi connectivity index (χ4v) is 5.96. The first-order valence-electron chi connectivity index (χ1n) is 9.49. The third-order valence-electron chi connectivity index (χ3n) is 4.92. The Hall–Kier alpha value is -2.46. The summed E-state index contributed by atoms with van der Waals surface area (Å²) in [6.45, 7) is 1.85. The molecule has 30 heavy (non-hydrogen) atoms. The Bertz CT molecular complexity index is 1170. The van der Waals surface area contributed by atoms with E-state index in [2.05, 4.69) is 24.8 Å². The number of hydrogen-bond donors (Lipinski definition) is 1. The van der Waals surface area contributed by atoms with E-state index in [1.54, 1.807) is 11.3 Å². The molecule has 5 rings (SSSR count). The zero-order valence-corrected chi connectivity index (χ0v) is 17.6. The summed E-state index contributed by atoms with van der Waals surface area (Å²) in [6.07, 6.45) is 0.752. The number of amides is 1. The van der Waals surface area contributed by atoms with Gasteiger partial charge in [-0.25, -0.2) is 9.97 Å². The van der Waals surface area contributed by atoms with Crippen molar-refractivity contribution in [3.05, 3.63) is 34.5 Å². The number of thiophene rings is 1. The number of nitrogens with zero attached hydrogens (tertiary/aromatic N) is 2. The molecule has 0 fully saturated rings. The van der Waals surface area contributed by atoms with E-state index in [0.717, 1.165) is 34.5 Å². The Balaban J connectivity index is 1.32. The Morgan fingerprint density at radius 3 is 2.90 bits per heavy atom. The van der Waals surface area contributed by atoms with E-state index in [1.165, 1.54) is 46.8 Å². The molecule has 1 aromatic carbocycles. The normalized spacial score (nSPS) is 16.5. The van der Waals surface area contributed by atoms with Gasteiger partial charge >= 0.3 is 6.29 Å². The highest BCUT2D eigenvalue weighted by Crippen LogP contribution is 2.42. The Labute approximate surface area is 179 Å². The van der Waals surface area contributed by atoms with Crippen molar-refractivity contribution in [3.63, 3.8) is 0 Å². The average molecular weight is 450 g/mol. The van der Waals surface area contributed by atoms with Crippen LogP contribution in [0.4, 0.5) is 14.5 Å². The smallest absolute Gasteiger partial charge is 0.395 e. The van der Waals surface area contributed by atoms with Crippen LogP contribution in [0.15, 0.2) is 23.2 Å². The highest BCUT2D eigenvalue weighted by atomic mass is 32.2. The van der Waals surface area contributed by atoms with Crippen molar-refractivity contribution in [2.75, 3.05) is 11.1 Å². The molecule has 0 saturated carbocycles. The molecular formula is C20H17F2N3O3S2. The number of anilines is 1. The number of nitrogens with one attached hydrogen (secondary N) is 1. The summed E-state index contributed by atoms with van der Waals surface area (Å²) in [5, 5.41) is 4.60. The van der Waals surface area contributed by atoms with Gasteiger partial charge in [-0.3, -0.25) is 4.79 Å². The van der Waals surface area contributed by atoms with Crippen LogP contribution >= 0.6 is 23.1 Å². The first-order valence-corrected chi connectivity index (χ1v) is 11.3. The van der Waals surface area contributed by atoms with Crippen molar-refractivity contribution in [3.8, 4) is 11.5 Å². The number of carbonyl (C=O) groups excluding carboxylic acids is 1. The summed E-state index contributed by atoms with van der Waals surface area (Å²) in [4.78, 5) is 24.0. The van der Waals surface area contributed by atoms with E-state index in [4.69, 9.17) is 0 Å². The number of carbonyl (C=O) groups is 1. The lowest BCUT2D eigenvalue weighted by Crippen LogP contribution is -2.25. The van der Waals surface area contributed by atoms with E-state index in [9.17, 15) is 13.6 Å². The van der Waals surface area contributed by atoms with Gasteiger partial charge in [-0.05, 0) is 50.3 Å². The van der Waals surface area contributed by atoms with E-state index in [1.807, 2.05) is 6.92 Å². The molecular weight excluding hydrogens is 432 g/mol. The average Bonchev–Trinajstić information content (AvgIpc) is 3.20. The number of rotatable bonds is 4. The van der Waals surface area contributed by atoms with E-state index < -0.39 is 6.29 Å². The van der Waals surface area contributed by atoms with Crippen LogP contribution in [0.1, 0.15) is 29.1 Å². The van der Waals surface area contributed by atoms with Crippen LogP contribution in [0.5, 0.6) is 11.5 Å². The maximum Gasteiger partial charge on any atom is 0.586 e. The number of thioether (sulfide) groups is 1. The fraction of sp³-hybridized carbons (Fsp3) is 0.350. The van der Waals surface area contributed by atoms with Gasteiger partial charge in [0, 0.05) is 22.0 Å². The Kier molecular flexibility index (Phi) is 4.78. The van der Waals surface area contributed by atoms with Crippen LogP contribution in [0.25, 0.3) is 10.2 Å². The second-order valence-corrected chi connectivity index (χ2v) is 9.18. The molecule has 1 N–H and O–H groups in total. The monoisotopic (exact) mass is 449 g/mol. The van der Waals surface area contributed by atoms with Crippen LogP contribution < -0.4 is 14.8 Å². The predicted molar refractivity (Wildman–Crippen MR) is 111 cm³/mol. The standard InChI is InChI=1S/C20H17F2N3O3S2/c1-10-23-18(17-12-4-2-3-5-15(12)30-19(17)24-10)29-9-16(26)25-11-6-7-13-14(8-11)28-20(21,22)27-13/h6-8H,2-5,9H2,1H3,(H,25,26). The lowest BCUT2D eigenvalue weighted by Gasteiger charge is -2.12. The molecule has 2 aromatic heterocycles. The zero-order valence-electron chi connectivity index (χ0n) is 16.0. The molecule has 1 aliphatic heterocycles. The van der Waals surface area contributed by atoms with Crippen molar-refractivity contribution in [2.24, 2.45) is 0 Å². The van der Waals surface area contributed by atoms with Gasteiger partial charge in [-0.2, -0.15) is 0 Å². The molecule has 0 unspecified atom stereocenters. The molecule has 0 atom stereocenters. The molecule has 2 aliphatic rings. The largest absolute Gasteiger partial charge is 0.586 e. The third kappa shape index (κ3) is 3.69. The third-order valence-corrected chi connectivity index (χ3v) is 7.08. The van der Waals surface area contributed by atoms with Gasteiger partial charge < -0.3 is 14.8 Å². The minimum Gasteiger partial charge on any atom is -0.395 e. The van der Waals surface area contributed by atoms with Gasteiger partial charge in [0.2, 0.25) is 5.91 Å². The maximum absolute atomic E-state index is 13.1. The molecule has 0 bridgehead atoms. The van der Waals surface area contributed by atoms with Crippen LogP contribution in [-0.2, 0) is 17.6 Å². The van der Waals surface area contributed by atoms with Crippen molar-refractivity contribution in [2.45, 2.75) is 43.9 Å². The second-order valence-electron chi connectivity index (χ2n) is 7.13. The van der Waals surface area contributed by atoms with Gasteiger partial charge in [-0.1, -0.05) is 11.8 Å². The minimum atomic E-state index is -3.68. The fourth-order valence-electron chi connectivity index (χ4n) is 3.69. The SMILES string of the molecule is Cc1nc(SCC(=O)Nc2ccc3c(c2)OC(F)(F)O3)c2c3c(sc2n1)CCCC3. The lowest BCUT2D eigenvalue weighted by atomic mass is 9.97. The molecule has 0 spiro atoms. The Morgan fingerprint density at radius 2 is 2.03 bits per heavy atom. The number of aromatic nitrogens is 2. The van der Waals surface area contributed by atoms with Crippen molar-refractivity contribution >= 4 is 44.9 Å². The van der Waals surface area contributed by atoms with Gasteiger partial charge in [0.1, 0.15) is 15.7 Å². The van der Waals surface area contributed by atoms with Crippen molar-refractivity contribution < 1.29 is 23.0 Å². The molecule has 10 heteroatoms. The van der Waals surface area contributed by atoms with Crippen LogP contribution in [0.2, 0.25) is 0 Å². The first-order chi connectivity index (χ1) is 14.4. The van der Waals surface area contributed by atoms with Gasteiger partial charge in [-0.15, -0.1) is 20.1 Å². The number of halogens is 2. The number of benzene rings is 1. The first kappa shape index (κ1) is 19.5. The lowest BCUT2D eigenvalue weighted by molar-refractivity contribution is -0.286. The molecule has 156 valence electrons. The van der Waals surface area contributed by atoms with E-state index >= 15 is 0 Å². The van der Waals surface area contributed by atoms with E-state index in [-0.39, 0.29) is 23.2 Å². The molecule has 3 heterocycles. The van der Waals surface area contributed by atoms with Crippen molar-refractivity contribution in [1.82, 2.24) is 9.97 Å². The number of aryl methyl sites for hydroxylation is 3. The number of ether oxygens (including phenoxy) is 2. The van der Waals surface area contributed by atoms with Crippen LogP contribution in [0.3, 0.4) is 0 Å².